The van der Waals surface area contributed by atoms with Crippen LogP contribution in [-0.4, -0.2) is 40.3 Å². The summed E-state index contributed by atoms with van der Waals surface area (Å²) in [6.45, 7) is 3.77. The normalized spacial score (nSPS) is 16.9. The first kappa shape index (κ1) is 11.4. The third kappa shape index (κ3) is 2.05. The van der Waals surface area contributed by atoms with Crippen LogP contribution in [-0.2, 0) is 23.1 Å². The fraction of sp³-hybridized carbons (Fsp3) is 0.600. The van der Waals surface area contributed by atoms with Crippen molar-refractivity contribution in [1.29, 1.82) is 0 Å². The molecule has 88 valence electrons. The van der Waals surface area contributed by atoms with E-state index >= 15 is 0 Å². The van der Waals surface area contributed by atoms with E-state index in [9.17, 15) is 4.79 Å². The maximum Gasteiger partial charge on any atom is 0.248 e. The van der Waals surface area contributed by atoms with E-state index < -0.39 is 0 Å². The van der Waals surface area contributed by atoms with Crippen molar-refractivity contribution in [2.45, 2.75) is 13.5 Å². The molecule has 1 aromatic rings. The number of nitrogens with zero attached hydrogens (tertiary/aromatic N) is 3. The standard InChI is InChI=1S/C10H14ClN3O2/c1-7-8(10(11)13(2)12-7)5-14-3-4-16-6-9(14)15/h3-6H2,1-2H3. The molecule has 0 radical (unpaired) electrons. The van der Waals surface area contributed by atoms with Gasteiger partial charge in [0.25, 0.3) is 0 Å². The fourth-order valence-corrected chi connectivity index (χ4v) is 2.00. The van der Waals surface area contributed by atoms with E-state index in [0.29, 0.717) is 24.8 Å². The number of amides is 1. The third-order valence-corrected chi connectivity index (χ3v) is 3.18. The largest absolute Gasteiger partial charge is 0.370 e. The molecule has 0 aromatic carbocycles. The average Bonchev–Trinajstić information content (AvgIpc) is 2.48. The third-order valence-electron chi connectivity index (χ3n) is 2.70. The molecule has 0 N–H and O–H groups in total. The number of ether oxygens (including phenoxy) is 1. The Morgan fingerprint density at radius 2 is 2.31 bits per heavy atom. The molecule has 2 rings (SSSR count). The Kier molecular flexibility index (Phi) is 3.16. The predicted molar refractivity (Wildman–Crippen MR) is 59.2 cm³/mol. The number of hydrogen-bond donors (Lipinski definition) is 0. The monoisotopic (exact) mass is 243 g/mol. The van der Waals surface area contributed by atoms with Crippen LogP contribution in [0.3, 0.4) is 0 Å². The maximum atomic E-state index is 11.6. The second kappa shape index (κ2) is 4.43. The molecule has 0 spiro atoms. The highest BCUT2D eigenvalue weighted by Gasteiger charge is 2.22. The van der Waals surface area contributed by atoms with Crippen molar-refractivity contribution in [1.82, 2.24) is 14.7 Å². The molecule has 6 heteroatoms. The lowest BCUT2D eigenvalue weighted by molar-refractivity contribution is -0.143. The first-order valence-electron chi connectivity index (χ1n) is 5.13. The van der Waals surface area contributed by atoms with Crippen LogP contribution in [0.25, 0.3) is 0 Å². The van der Waals surface area contributed by atoms with E-state index in [1.165, 1.54) is 0 Å². The number of rotatable bonds is 2. The van der Waals surface area contributed by atoms with Gasteiger partial charge in [-0.3, -0.25) is 9.48 Å². The molecule has 0 aliphatic carbocycles. The lowest BCUT2D eigenvalue weighted by atomic mass is 10.2. The van der Waals surface area contributed by atoms with Gasteiger partial charge in [0.05, 0.1) is 18.8 Å². The maximum absolute atomic E-state index is 11.6. The van der Waals surface area contributed by atoms with Crippen LogP contribution in [0.15, 0.2) is 0 Å². The molecule has 5 nitrogen and oxygen atoms in total. The highest BCUT2D eigenvalue weighted by Crippen LogP contribution is 2.21. The summed E-state index contributed by atoms with van der Waals surface area (Å²) in [6, 6.07) is 0. The number of carbonyl (C=O) groups excluding carboxylic acids is 1. The summed E-state index contributed by atoms with van der Waals surface area (Å²) in [5.41, 5.74) is 1.78. The van der Waals surface area contributed by atoms with E-state index in [1.54, 1.807) is 16.6 Å². The van der Waals surface area contributed by atoms with Crippen LogP contribution in [0.4, 0.5) is 0 Å². The van der Waals surface area contributed by atoms with Crippen molar-refractivity contribution in [3.05, 3.63) is 16.4 Å². The molecule has 1 fully saturated rings. The Balaban J connectivity index is 2.16. The van der Waals surface area contributed by atoms with Gasteiger partial charge < -0.3 is 9.64 Å². The summed E-state index contributed by atoms with van der Waals surface area (Å²) in [5, 5.41) is 4.81. The topological polar surface area (TPSA) is 47.4 Å². The fourth-order valence-electron chi connectivity index (χ4n) is 1.76. The molecule has 2 heterocycles. The number of carbonyl (C=O) groups is 1. The molecule has 0 saturated carbocycles. The van der Waals surface area contributed by atoms with Gasteiger partial charge in [-0.05, 0) is 6.92 Å². The van der Waals surface area contributed by atoms with Crippen LogP contribution in [0.5, 0.6) is 0 Å². The molecule has 1 saturated heterocycles. The van der Waals surface area contributed by atoms with E-state index in [-0.39, 0.29) is 12.5 Å². The molecule has 1 amide bonds. The van der Waals surface area contributed by atoms with Crippen molar-refractivity contribution in [2.75, 3.05) is 19.8 Å². The molecule has 1 aliphatic rings. The zero-order chi connectivity index (χ0) is 11.7. The predicted octanol–water partition coefficient (Wildman–Crippen LogP) is 0.741. The lowest BCUT2D eigenvalue weighted by Gasteiger charge is -2.26. The lowest BCUT2D eigenvalue weighted by Crippen LogP contribution is -2.41. The zero-order valence-electron chi connectivity index (χ0n) is 9.36. The van der Waals surface area contributed by atoms with E-state index in [4.69, 9.17) is 16.3 Å². The van der Waals surface area contributed by atoms with Crippen molar-refractivity contribution >= 4 is 17.5 Å². The summed E-state index contributed by atoms with van der Waals surface area (Å²) in [6.07, 6.45) is 0. The molecule has 16 heavy (non-hydrogen) atoms. The van der Waals surface area contributed by atoms with Crippen molar-refractivity contribution in [3.63, 3.8) is 0 Å². The quantitative estimate of drug-likeness (QED) is 0.770. The molecule has 0 atom stereocenters. The summed E-state index contributed by atoms with van der Waals surface area (Å²) < 4.78 is 6.69. The number of aryl methyl sites for hydroxylation is 2. The Hall–Kier alpha value is -1.07. The highest BCUT2D eigenvalue weighted by atomic mass is 35.5. The minimum atomic E-state index is 0.00516. The smallest absolute Gasteiger partial charge is 0.248 e. The first-order valence-corrected chi connectivity index (χ1v) is 5.51. The van der Waals surface area contributed by atoms with Crippen LogP contribution < -0.4 is 0 Å². The SMILES string of the molecule is Cc1nn(C)c(Cl)c1CN1CCOCC1=O. The summed E-state index contributed by atoms with van der Waals surface area (Å²) in [5.74, 6) is 0.00516. The first-order chi connectivity index (χ1) is 7.59. The Morgan fingerprint density at radius 1 is 1.56 bits per heavy atom. The molecule has 1 aromatic heterocycles. The van der Waals surface area contributed by atoms with Gasteiger partial charge >= 0.3 is 0 Å². The van der Waals surface area contributed by atoms with Crippen molar-refractivity contribution in [2.24, 2.45) is 7.05 Å². The number of halogens is 1. The average molecular weight is 244 g/mol. The molecular weight excluding hydrogens is 230 g/mol. The second-order valence-corrected chi connectivity index (χ2v) is 4.20. The summed E-state index contributed by atoms with van der Waals surface area (Å²) >= 11 is 6.11. The van der Waals surface area contributed by atoms with Gasteiger partial charge in [-0.15, -0.1) is 0 Å². The van der Waals surface area contributed by atoms with E-state index in [2.05, 4.69) is 5.10 Å². The van der Waals surface area contributed by atoms with Crippen LogP contribution in [0, 0.1) is 6.92 Å². The number of morpholine rings is 1. The van der Waals surface area contributed by atoms with Crippen molar-refractivity contribution in [3.8, 4) is 0 Å². The van der Waals surface area contributed by atoms with Gasteiger partial charge in [0.2, 0.25) is 5.91 Å². The summed E-state index contributed by atoms with van der Waals surface area (Å²) in [7, 11) is 1.79. The molecule has 0 bridgehead atoms. The van der Waals surface area contributed by atoms with Crippen molar-refractivity contribution < 1.29 is 9.53 Å². The minimum Gasteiger partial charge on any atom is -0.370 e. The van der Waals surface area contributed by atoms with Gasteiger partial charge in [-0.2, -0.15) is 5.10 Å². The number of aromatic nitrogens is 2. The second-order valence-electron chi connectivity index (χ2n) is 3.85. The van der Waals surface area contributed by atoms with Crippen LogP contribution in [0.2, 0.25) is 5.15 Å². The Labute approximate surface area is 98.9 Å². The van der Waals surface area contributed by atoms with Gasteiger partial charge in [-0.1, -0.05) is 11.6 Å². The molecular formula is C10H14ClN3O2. The zero-order valence-corrected chi connectivity index (χ0v) is 10.1. The van der Waals surface area contributed by atoms with E-state index in [0.717, 1.165) is 11.3 Å². The van der Waals surface area contributed by atoms with Gasteiger partial charge in [-0.25, -0.2) is 0 Å². The number of hydrogen-bond acceptors (Lipinski definition) is 3. The van der Waals surface area contributed by atoms with Gasteiger partial charge in [0.15, 0.2) is 0 Å². The molecule has 1 aliphatic heterocycles. The van der Waals surface area contributed by atoms with Gasteiger partial charge in [0, 0.05) is 19.2 Å². The Morgan fingerprint density at radius 3 is 2.88 bits per heavy atom. The van der Waals surface area contributed by atoms with E-state index in [1.807, 2.05) is 6.92 Å². The van der Waals surface area contributed by atoms with Crippen LogP contribution in [0.1, 0.15) is 11.3 Å². The summed E-state index contributed by atoms with van der Waals surface area (Å²) in [4.78, 5) is 13.3. The Bertz CT molecular complexity index is 416. The van der Waals surface area contributed by atoms with Crippen LogP contribution >= 0.6 is 11.6 Å². The minimum absolute atomic E-state index is 0.00516. The van der Waals surface area contributed by atoms with Gasteiger partial charge in [0.1, 0.15) is 11.8 Å². The highest BCUT2D eigenvalue weighted by molar-refractivity contribution is 6.30. The molecule has 0 unspecified atom stereocenters.